The number of halogens is 1. The van der Waals surface area contributed by atoms with Gasteiger partial charge in [-0.05, 0) is 18.1 Å². The molecule has 1 atom stereocenters. The fourth-order valence-corrected chi connectivity index (χ4v) is 2.65. The second-order valence-corrected chi connectivity index (χ2v) is 5.19. The van der Waals surface area contributed by atoms with E-state index in [2.05, 4.69) is 0 Å². The largest absolute Gasteiger partial charge is 0.315 e. The third-order valence-electron chi connectivity index (χ3n) is 3.28. The van der Waals surface area contributed by atoms with Crippen molar-refractivity contribution in [3.05, 3.63) is 34.9 Å². The van der Waals surface area contributed by atoms with Crippen molar-refractivity contribution < 1.29 is 4.79 Å². The molecule has 0 spiro atoms. The molecule has 0 amide bonds. The maximum Gasteiger partial charge on any atom is 0.157 e. The van der Waals surface area contributed by atoms with Gasteiger partial charge in [0.1, 0.15) is 5.54 Å². The van der Waals surface area contributed by atoms with Gasteiger partial charge in [-0.15, -0.1) is 0 Å². The second-order valence-electron chi connectivity index (χ2n) is 4.78. The Labute approximate surface area is 109 Å². The number of benzene rings is 1. The Balaban J connectivity index is 2.47. The normalized spacial score (nSPS) is 28.0. The molecule has 4 radical (unpaired) electrons. The summed E-state index contributed by atoms with van der Waals surface area (Å²) in [5.74, 6) is -0.0582. The minimum absolute atomic E-state index is 0.0582. The van der Waals surface area contributed by atoms with Gasteiger partial charge < -0.3 is 5.73 Å². The third-order valence-corrected chi connectivity index (χ3v) is 3.61. The molecule has 0 saturated heterocycles. The van der Waals surface area contributed by atoms with Crippen LogP contribution in [0.3, 0.4) is 0 Å². The summed E-state index contributed by atoms with van der Waals surface area (Å²) in [6.07, 6.45) is 0.951. The van der Waals surface area contributed by atoms with Gasteiger partial charge >= 0.3 is 0 Å². The highest BCUT2D eigenvalue weighted by molar-refractivity contribution is 6.40. The monoisotopic (exact) mass is 243 g/mol. The maximum absolute atomic E-state index is 12.1. The predicted octanol–water partition coefficient (Wildman–Crippen LogP) is 1.70. The van der Waals surface area contributed by atoms with Gasteiger partial charge in [0.05, 0.1) is 15.7 Å². The van der Waals surface area contributed by atoms with Crippen LogP contribution in [0.25, 0.3) is 0 Å². The molecular formula is C12H12B2ClNO. The number of Topliss-reactive ketones (excluding diaryl/α,β-unsaturated/α-hetero) is 1. The zero-order chi connectivity index (χ0) is 12.7. The fourth-order valence-electron chi connectivity index (χ4n) is 2.34. The molecule has 1 saturated carbocycles. The van der Waals surface area contributed by atoms with Gasteiger partial charge in [-0.2, -0.15) is 0 Å². The van der Waals surface area contributed by atoms with Crippen LogP contribution in [0.4, 0.5) is 0 Å². The predicted molar refractivity (Wildman–Crippen MR) is 70.4 cm³/mol. The lowest BCUT2D eigenvalue weighted by molar-refractivity contribution is -0.126. The molecule has 1 unspecified atom stereocenters. The second kappa shape index (κ2) is 4.18. The van der Waals surface area contributed by atoms with Crippen molar-refractivity contribution in [3.8, 4) is 0 Å². The van der Waals surface area contributed by atoms with Gasteiger partial charge in [-0.1, -0.05) is 41.4 Å². The quantitative estimate of drug-likeness (QED) is 0.763. The van der Waals surface area contributed by atoms with Crippen LogP contribution in [-0.2, 0) is 10.3 Å². The first kappa shape index (κ1) is 12.7. The van der Waals surface area contributed by atoms with Crippen LogP contribution in [0.15, 0.2) is 24.3 Å². The minimum Gasteiger partial charge on any atom is -0.315 e. The Bertz CT molecular complexity index is 464. The van der Waals surface area contributed by atoms with E-state index in [1.54, 1.807) is 24.3 Å². The number of hydrogen-bond acceptors (Lipinski definition) is 2. The van der Waals surface area contributed by atoms with Crippen molar-refractivity contribution in [3.63, 3.8) is 0 Å². The first-order chi connectivity index (χ1) is 7.85. The molecule has 1 aliphatic carbocycles. The van der Waals surface area contributed by atoms with Crippen molar-refractivity contribution in [2.45, 2.75) is 30.0 Å². The van der Waals surface area contributed by atoms with Crippen LogP contribution in [-0.4, -0.2) is 21.5 Å². The van der Waals surface area contributed by atoms with E-state index in [-0.39, 0.29) is 18.6 Å². The van der Waals surface area contributed by atoms with Crippen molar-refractivity contribution >= 4 is 33.1 Å². The van der Waals surface area contributed by atoms with Gasteiger partial charge in [-0.3, -0.25) is 4.79 Å². The van der Waals surface area contributed by atoms with E-state index in [1.807, 2.05) is 0 Å². The van der Waals surface area contributed by atoms with Crippen molar-refractivity contribution in [2.24, 2.45) is 5.73 Å². The Morgan fingerprint density at radius 2 is 1.94 bits per heavy atom. The Hall–Kier alpha value is -0.730. The lowest BCUT2D eigenvalue weighted by Gasteiger charge is -2.42. The molecule has 5 heteroatoms. The molecule has 2 nitrogen and oxygen atoms in total. The molecule has 1 aliphatic rings. The number of ketones is 1. The smallest absolute Gasteiger partial charge is 0.157 e. The number of carbonyl (C=O) groups excluding carboxylic acids is 1. The molecule has 0 aliphatic heterocycles. The number of nitrogens with two attached hydrogens (primary N) is 1. The Kier molecular flexibility index (Phi) is 3.13. The standard InChI is InChI=1S/C12H12B2ClNO/c13-11(14)6-5-10(17)12(16,7-11)8-3-1-2-4-9(8)15/h1-4H,5-7,16H2. The summed E-state index contributed by atoms with van der Waals surface area (Å²) >= 11 is 6.09. The average Bonchev–Trinajstić information content (AvgIpc) is 2.24. The summed E-state index contributed by atoms with van der Waals surface area (Å²) in [6, 6.07) is 7.05. The summed E-state index contributed by atoms with van der Waals surface area (Å²) < 4.78 is 0. The minimum atomic E-state index is -1.17. The van der Waals surface area contributed by atoms with Crippen molar-refractivity contribution in [1.82, 2.24) is 0 Å². The molecule has 2 rings (SSSR count). The lowest BCUT2D eigenvalue weighted by Crippen LogP contribution is -2.51. The van der Waals surface area contributed by atoms with Gasteiger partial charge in [0.2, 0.25) is 0 Å². The van der Waals surface area contributed by atoms with E-state index in [0.29, 0.717) is 17.0 Å². The Morgan fingerprint density at radius 3 is 2.59 bits per heavy atom. The molecule has 1 aromatic carbocycles. The molecule has 84 valence electrons. The summed E-state index contributed by atoms with van der Waals surface area (Å²) in [7, 11) is 11.8. The number of carbonyl (C=O) groups is 1. The molecule has 0 bridgehead atoms. The SMILES string of the molecule is [B]C1([B])CCC(=O)C(N)(c2ccccc2Cl)C1. The third kappa shape index (κ3) is 2.29. The summed E-state index contributed by atoms with van der Waals surface area (Å²) in [5.41, 5.74) is 5.64. The molecular weight excluding hydrogens is 231 g/mol. The summed E-state index contributed by atoms with van der Waals surface area (Å²) in [5, 5.41) is -0.442. The van der Waals surface area contributed by atoms with Crippen molar-refractivity contribution in [1.29, 1.82) is 0 Å². The van der Waals surface area contributed by atoms with Crippen LogP contribution in [0, 0.1) is 0 Å². The van der Waals surface area contributed by atoms with E-state index in [4.69, 9.17) is 33.0 Å². The van der Waals surface area contributed by atoms with Gasteiger partial charge in [0.15, 0.2) is 5.78 Å². The van der Waals surface area contributed by atoms with E-state index in [0.717, 1.165) is 0 Å². The number of rotatable bonds is 1. The molecule has 0 aromatic heterocycles. The zero-order valence-electron chi connectivity index (χ0n) is 9.45. The molecule has 0 heterocycles. The summed E-state index contributed by atoms with van der Waals surface area (Å²) in [4.78, 5) is 12.1. The van der Waals surface area contributed by atoms with Crippen LogP contribution in [0.5, 0.6) is 0 Å². The topological polar surface area (TPSA) is 43.1 Å². The van der Waals surface area contributed by atoms with Crippen molar-refractivity contribution in [2.75, 3.05) is 0 Å². The first-order valence-corrected chi connectivity index (χ1v) is 5.88. The molecule has 1 aromatic rings. The lowest BCUT2D eigenvalue weighted by atomic mass is 9.45. The van der Waals surface area contributed by atoms with Gasteiger partial charge in [0, 0.05) is 11.4 Å². The number of hydrogen-bond donors (Lipinski definition) is 1. The molecule has 2 N–H and O–H groups in total. The van der Waals surface area contributed by atoms with Crippen LogP contribution < -0.4 is 5.73 Å². The average molecular weight is 243 g/mol. The zero-order valence-corrected chi connectivity index (χ0v) is 10.2. The van der Waals surface area contributed by atoms with E-state index in [9.17, 15) is 4.79 Å². The first-order valence-electron chi connectivity index (χ1n) is 5.50. The van der Waals surface area contributed by atoms with Crippen LogP contribution in [0.2, 0.25) is 10.2 Å². The maximum atomic E-state index is 12.1. The summed E-state index contributed by atoms with van der Waals surface area (Å²) in [6.45, 7) is 0. The van der Waals surface area contributed by atoms with E-state index in [1.165, 1.54) is 0 Å². The molecule has 1 fully saturated rings. The van der Waals surface area contributed by atoms with Gasteiger partial charge in [0.25, 0.3) is 0 Å². The highest BCUT2D eigenvalue weighted by Crippen LogP contribution is 2.45. The van der Waals surface area contributed by atoms with E-state index >= 15 is 0 Å². The Morgan fingerprint density at radius 1 is 1.29 bits per heavy atom. The van der Waals surface area contributed by atoms with E-state index < -0.39 is 10.8 Å². The molecule has 17 heavy (non-hydrogen) atoms. The highest BCUT2D eigenvalue weighted by atomic mass is 35.5. The van der Waals surface area contributed by atoms with Crippen LogP contribution in [0.1, 0.15) is 24.8 Å². The fraction of sp³-hybridized carbons (Fsp3) is 0.417. The van der Waals surface area contributed by atoms with Crippen LogP contribution >= 0.6 is 11.6 Å². The van der Waals surface area contributed by atoms with Gasteiger partial charge in [-0.25, -0.2) is 0 Å². The highest BCUT2D eigenvalue weighted by Gasteiger charge is 2.44.